The van der Waals surface area contributed by atoms with Crippen LogP contribution in [0.2, 0.25) is 0 Å². The van der Waals surface area contributed by atoms with E-state index in [4.69, 9.17) is 0 Å². The maximum Gasteiger partial charge on any atom is 0.0302 e. The summed E-state index contributed by atoms with van der Waals surface area (Å²) >= 11 is 1.80. The molecular weight excluding hydrogens is 250 g/mol. The van der Waals surface area contributed by atoms with Crippen molar-refractivity contribution < 1.29 is 0 Å². The van der Waals surface area contributed by atoms with Crippen molar-refractivity contribution in [3.63, 3.8) is 0 Å². The van der Waals surface area contributed by atoms with Gasteiger partial charge in [0, 0.05) is 12.1 Å². The van der Waals surface area contributed by atoms with Crippen LogP contribution in [0.4, 0.5) is 0 Å². The zero-order valence-corrected chi connectivity index (χ0v) is 13.7. The van der Waals surface area contributed by atoms with Crippen LogP contribution in [-0.4, -0.2) is 6.04 Å². The molecule has 1 nitrogen and oxygen atoms in total. The monoisotopic (exact) mass is 279 g/mol. The molecule has 1 heterocycles. The topological polar surface area (TPSA) is 12.0 Å². The molecule has 1 atom stereocenters. The summed E-state index contributed by atoms with van der Waals surface area (Å²) in [5.41, 5.74) is 1.98. The SMILES string of the molecule is CCC(C)(C)C1CCC(NC(C)c2ccsc2)CC1. The van der Waals surface area contributed by atoms with Crippen molar-refractivity contribution in [1.82, 2.24) is 5.32 Å². The van der Waals surface area contributed by atoms with Crippen molar-refractivity contribution in [1.29, 1.82) is 0 Å². The molecule has 1 aliphatic carbocycles. The molecule has 1 saturated carbocycles. The molecular formula is C17H29NS. The highest BCUT2D eigenvalue weighted by Crippen LogP contribution is 2.40. The van der Waals surface area contributed by atoms with E-state index in [1.54, 1.807) is 11.3 Å². The minimum atomic E-state index is 0.506. The minimum absolute atomic E-state index is 0.506. The van der Waals surface area contributed by atoms with Gasteiger partial charge in [0.15, 0.2) is 0 Å². The summed E-state index contributed by atoms with van der Waals surface area (Å²) in [7, 11) is 0. The molecule has 1 aliphatic rings. The second-order valence-electron chi connectivity index (χ2n) is 6.84. The first-order valence-corrected chi connectivity index (χ1v) is 8.75. The second-order valence-corrected chi connectivity index (χ2v) is 7.62. The lowest BCUT2D eigenvalue weighted by atomic mass is 9.69. The van der Waals surface area contributed by atoms with Crippen molar-refractivity contribution in [3.8, 4) is 0 Å². The Hall–Kier alpha value is -0.340. The van der Waals surface area contributed by atoms with Gasteiger partial charge in [-0.2, -0.15) is 11.3 Å². The summed E-state index contributed by atoms with van der Waals surface area (Å²) in [4.78, 5) is 0. The van der Waals surface area contributed by atoms with Crippen LogP contribution in [0.25, 0.3) is 0 Å². The summed E-state index contributed by atoms with van der Waals surface area (Å²) in [6.07, 6.45) is 6.80. The average Bonchev–Trinajstić information content (AvgIpc) is 2.93. The maximum atomic E-state index is 3.82. The van der Waals surface area contributed by atoms with Gasteiger partial charge in [0.2, 0.25) is 0 Å². The largest absolute Gasteiger partial charge is 0.307 e. The molecule has 1 aromatic heterocycles. The van der Waals surface area contributed by atoms with Crippen LogP contribution >= 0.6 is 11.3 Å². The summed E-state index contributed by atoms with van der Waals surface area (Å²) in [6, 6.07) is 3.47. The van der Waals surface area contributed by atoms with Crippen LogP contribution < -0.4 is 5.32 Å². The molecule has 0 amide bonds. The average molecular weight is 279 g/mol. The van der Waals surface area contributed by atoms with Crippen molar-refractivity contribution in [2.24, 2.45) is 11.3 Å². The Labute approximate surface area is 122 Å². The van der Waals surface area contributed by atoms with Crippen LogP contribution in [0.3, 0.4) is 0 Å². The van der Waals surface area contributed by atoms with Crippen molar-refractivity contribution in [2.45, 2.75) is 71.9 Å². The highest BCUT2D eigenvalue weighted by atomic mass is 32.1. The number of thiophene rings is 1. The number of nitrogens with one attached hydrogen (secondary N) is 1. The Morgan fingerprint density at radius 2 is 2.00 bits per heavy atom. The number of rotatable bonds is 5. The standard InChI is InChI=1S/C17H29NS/c1-5-17(3,4)15-6-8-16(9-7-15)18-13(2)14-10-11-19-12-14/h10-13,15-16,18H,5-9H2,1-4H3. The van der Waals surface area contributed by atoms with Crippen LogP contribution in [0.5, 0.6) is 0 Å². The molecule has 1 fully saturated rings. The molecule has 0 spiro atoms. The van der Waals surface area contributed by atoms with Crippen molar-refractivity contribution in [2.75, 3.05) is 0 Å². The van der Waals surface area contributed by atoms with Gasteiger partial charge in [-0.15, -0.1) is 0 Å². The summed E-state index contributed by atoms with van der Waals surface area (Å²) in [6.45, 7) is 9.52. The molecule has 0 aromatic carbocycles. The van der Waals surface area contributed by atoms with Gasteiger partial charge in [0.05, 0.1) is 0 Å². The molecule has 2 heteroatoms. The third-order valence-electron chi connectivity index (χ3n) is 5.27. The van der Waals surface area contributed by atoms with Gasteiger partial charge in [-0.1, -0.05) is 27.2 Å². The Morgan fingerprint density at radius 1 is 1.32 bits per heavy atom. The highest BCUT2D eigenvalue weighted by molar-refractivity contribution is 7.07. The van der Waals surface area contributed by atoms with Crippen LogP contribution in [-0.2, 0) is 0 Å². The Kier molecular flexibility index (Phi) is 5.08. The van der Waals surface area contributed by atoms with E-state index < -0.39 is 0 Å². The molecule has 108 valence electrons. The fraction of sp³-hybridized carbons (Fsp3) is 0.765. The van der Waals surface area contributed by atoms with E-state index in [1.165, 1.54) is 37.7 Å². The van der Waals surface area contributed by atoms with E-state index in [-0.39, 0.29) is 0 Å². The highest BCUT2D eigenvalue weighted by Gasteiger charge is 2.32. The van der Waals surface area contributed by atoms with Gasteiger partial charge in [-0.25, -0.2) is 0 Å². The lowest BCUT2D eigenvalue weighted by molar-refractivity contribution is 0.134. The molecule has 19 heavy (non-hydrogen) atoms. The zero-order valence-electron chi connectivity index (χ0n) is 12.9. The van der Waals surface area contributed by atoms with Gasteiger partial charge >= 0.3 is 0 Å². The van der Waals surface area contributed by atoms with Crippen molar-refractivity contribution >= 4 is 11.3 Å². The third-order valence-corrected chi connectivity index (χ3v) is 5.97. The molecule has 0 radical (unpaired) electrons. The quantitative estimate of drug-likeness (QED) is 0.761. The van der Waals surface area contributed by atoms with E-state index in [2.05, 4.69) is 49.8 Å². The third kappa shape index (κ3) is 3.82. The molecule has 1 unspecified atom stereocenters. The van der Waals surface area contributed by atoms with Gasteiger partial charge in [-0.3, -0.25) is 0 Å². The predicted octanol–water partition coefficient (Wildman–Crippen LogP) is 5.39. The fourth-order valence-corrected chi connectivity index (χ4v) is 4.06. The minimum Gasteiger partial charge on any atom is -0.307 e. The molecule has 0 aliphatic heterocycles. The molecule has 1 aromatic rings. The molecule has 0 saturated heterocycles. The number of hydrogen-bond acceptors (Lipinski definition) is 2. The molecule has 2 rings (SSSR count). The Bertz CT molecular complexity index is 361. The van der Waals surface area contributed by atoms with E-state index in [0.29, 0.717) is 11.5 Å². The summed E-state index contributed by atoms with van der Waals surface area (Å²) in [5.74, 6) is 0.923. The van der Waals surface area contributed by atoms with E-state index in [1.807, 2.05) is 0 Å². The van der Waals surface area contributed by atoms with Crippen LogP contribution in [0.1, 0.15) is 71.4 Å². The van der Waals surface area contributed by atoms with E-state index in [0.717, 1.165) is 12.0 Å². The Morgan fingerprint density at radius 3 is 2.53 bits per heavy atom. The predicted molar refractivity (Wildman–Crippen MR) is 85.7 cm³/mol. The normalized spacial score (nSPS) is 26.3. The number of hydrogen-bond donors (Lipinski definition) is 1. The maximum absolute atomic E-state index is 3.82. The smallest absolute Gasteiger partial charge is 0.0302 e. The van der Waals surface area contributed by atoms with Gasteiger partial charge in [0.1, 0.15) is 0 Å². The zero-order chi connectivity index (χ0) is 13.9. The molecule has 0 bridgehead atoms. The van der Waals surface area contributed by atoms with Gasteiger partial charge in [-0.05, 0) is 66.3 Å². The van der Waals surface area contributed by atoms with Crippen LogP contribution in [0.15, 0.2) is 16.8 Å². The summed E-state index contributed by atoms with van der Waals surface area (Å²) in [5, 5.41) is 8.26. The van der Waals surface area contributed by atoms with Crippen LogP contribution in [0, 0.1) is 11.3 Å². The lowest BCUT2D eigenvalue weighted by Gasteiger charge is -2.39. The fourth-order valence-electron chi connectivity index (χ4n) is 3.30. The molecule has 1 N–H and O–H groups in total. The van der Waals surface area contributed by atoms with Crippen molar-refractivity contribution in [3.05, 3.63) is 22.4 Å². The first kappa shape index (κ1) is 15.1. The Balaban J connectivity index is 1.81. The second kappa shape index (κ2) is 6.41. The summed E-state index contributed by atoms with van der Waals surface area (Å²) < 4.78 is 0. The van der Waals surface area contributed by atoms with Gasteiger partial charge in [0.25, 0.3) is 0 Å². The van der Waals surface area contributed by atoms with E-state index in [9.17, 15) is 0 Å². The van der Waals surface area contributed by atoms with Gasteiger partial charge < -0.3 is 5.32 Å². The first-order chi connectivity index (χ1) is 9.03. The lowest BCUT2D eigenvalue weighted by Crippen LogP contribution is -2.37. The first-order valence-electron chi connectivity index (χ1n) is 7.81. The van der Waals surface area contributed by atoms with E-state index >= 15 is 0 Å².